The van der Waals surface area contributed by atoms with E-state index in [0.717, 1.165) is 22.6 Å². The number of hydrogen-bond acceptors (Lipinski definition) is 4. The molecule has 1 fully saturated rings. The maximum absolute atomic E-state index is 13.6. The normalized spacial score (nSPS) is 28.3. The van der Waals surface area contributed by atoms with Gasteiger partial charge >= 0.3 is 0 Å². The van der Waals surface area contributed by atoms with E-state index in [4.69, 9.17) is 9.47 Å². The van der Waals surface area contributed by atoms with Crippen LogP contribution in [0.1, 0.15) is 38.3 Å². The zero-order valence-electron chi connectivity index (χ0n) is 18.4. The lowest BCUT2D eigenvalue weighted by molar-refractivity contribution is -0.146. The number of nitrogens with zero attached hydrogens (tertiary/aromatic N) is 1. The van der Waals surface area contributed by atoms with Crippen molar-refractivity contribution in [3.63, 3.8) is 0 Å². The van der Waals surface area contributed by atoms with E-state index in [1.807, 2.05) is 43.4 Å². The van der Waals surface area contributed by atoms with Crippen molar-refractivity contribution in [2.45, 2.75) is 44.3 Å². The minimum absolute atomic E-state index is 0.0211. The maximum Gasteiger partial charge on any atom is 0.264 e. The molecule has 0 aromatic heterocycles. The first kappa shape index (κ1) is 20.9. The van der Waals surface area contributed by atoms with Crippen LogP contribution in [-0.4, -0.2) is 37.9 Å². The van der Waals surface area contributed by atoms with Gasteiger partial charge in [0.2, 0.25) is 0 Å². The summed E-state index contributed by atoms with van der Waals surface area (Å²) < 4.78 is 12.0. The van der Waals surface area contributed by atoms with E-state index in [2.05, 4.69) is 32.9 Å². The number of benzene rings is 2. The second-order valence-electron chi connectivity index (χ2n) is 9.05. The summed E-state index contributed by atoms with van der Waals surface area (Å²) >= 11 is 0. The molecule has 2 aromatic rings. The van der Waals surface area contributed by atoms with Crippen LogP contribution in [0.15, 0.2) is 48.5 Å². The Morgan fingerprint density at radius 1 is 1.17 bits per heavy atom. The summed E-state index contributed by atoms with van der Waals surface area (Å²) in [6.07, 6.45) is 0.265. The molecule has 5 nitrogen and oxygen atoms in total. The first-order valence-corrected chi connectivity index (χ1v) is 10.6. The number of ether oxygens (including phenoxy) is 2. The Labute approximate surface area is 178 Å². The summed E-state index contributed by atoms with van der Waals surface area (Å²) in [5.41, 5.74) is 1.71. The van der Waals surface area contributed by atoms with Crippen LogP contribution in [0.3, 0.4) is 0 Å². The fourth-order valence-electron chi connectivity index (χ4n) is 5.77. The van der Waals surface area contributed by atoms with E-state index in [9.17, 15) is 9.90 Å². The van der Waals surface area contributed by atoms with Crippen LogP contribution in [-0.2, 0) is 20.5 Å². The van der Waals surface area contributed by atoms with Crippen LogP contribution in [0, 0.1) is 11.8 Å². The van der Waals surface area contributed by atoms with Crippen molar-refractivity contribution in [2.24, 2.45) is 11.8 Å². The highest BCUT2D eigenvalue weighted by Crippen LogP contribution is 2.59. The van der Waals surface area contributed by atoms with Gasteiger partial charge in [-0.05, 0) is 35.6 Å². The number of anilines is 1. The number of fused-ring (bicyclic) bond motifs is 2. The van der Waals surface area contributed by atoms with E-state index in [-0.39, 0.29) is 35.9 Å². The highest BCUT2D eigenvalue weighted by atomic mass is 16.5. The highest BCUT2D eigenvalue weighted by Gasteiger charge is 2.65. The number of hydrogen-bond donors (Lipinski definition) is 1. The molecular formula is C25H31NO4. The fourth-order valence-corrected chi connectivity index (χ4v) is 5.77. The van der Waals surface area contributed by atoms with Gasteiger partial charge < -0.3 is 19.5 Å². The Balaban J connectivity index is 1.81. The maximum atomic E-state index is 13.6. The number of para-hydroxylation sites is 1. The Morgan fingerprint density at radius 2 is 1.83 bits per heavy atom. The summed E-state index contributed by atoms with van der Waals surface area (Å²) in [6.45, 7) is 6.56. The average Bonchev–Trinajstić information content (AvgIpc) is 3.16. The van der Waals surface area contributed by atoms with Crippen LogP contribution in [0.2, 0.25) is 0 Å². The van der Waals surface area contributed by atoms with Crippen molar-refractivity contribution in [3.05, 3.63) is 59.7 Å². The zero-order chi connectivity index (χ0) is 21.7. The van der Waals surface area contributed by atoms with Crippen LogP contribution < -0.4 is 9.64 Å². The zero-order valence-corrected chi connectivity index (χ0v) is 18.4. The molecule has 1 spiro atoms. The Morgan fingerprint density at radius 3 is 2.47 bits per heavy atom. The predicted octanol–water partition coefficient (Wildman–Crippen LogP) is 3.88. The van der Waals surface area contributed by atoms with Gasteiger partial charge in [0.25, 0.3) is 5.91 Å². The molecule has 4 atom stereocenters. The number of carbonyl (C=O) groups is 1. The minimum atomic E-state index is -1.01. The van der Waals surface area contributed by atoms with Crippen molar-refractivity contribution >= 4 is 11.6 Å². The first-order chi connectivity index (χ1) is 14.3. The number of likely N-dealkylation sites (N-methyl/N-ethyl adjacent to an activating group) is 1. The molecular weight excluding hydrogens is 378 g/mol. The molecule has 0 aliphatic carbocycles. The second-order valence-corrected chi connectivity index (χ2v) is 9.05. The van der Waals surface area contributed by atoms with Crippen molar-refractivity contribution < 1.29 is 19.4 Å². The molecule has 0 saturated carbocycles. The molecule has 4 rings (SSSR count). The molecule has 160 valence electrons. The SMILES string of the molecule is COc1ccc(C(C)(C)[C@@H]2[C@@H](CCO)O[C@]3(C(=O)N(C)c4ccccc43)[C@H]2C)cc1. The number of amides is 1. The highest BCUT2D eigenvalue weighted by molar-refractivity contribution is 6.07. The lowest BCUT2D eigenvalue weighted by Crippen LogP contribution is -2.45. The van der Waals surface area contributed by atoms with Crippen molar-refractivity contribution in [1.82, 2.24) is 0 Å². The lowest BCUT2D eigenvalue weighted by Gasteiger charge is -2.38. The second kappa shape index (κ2) is 7.40. The smallest absolute Gasteiger partial charge is 0.264 e. The quantitative estimate of drug-likeness (QED) is 0.814. The fraction of sp³-hybridized carbons (Fsp3) is 0.480. The molecule has 2 aliphatic rings. The molecule has 1 N–H and O–H groups in total. The van der Waals surface area contributed by atoms with Gasteiger partial charge in [-0.2, -0.15) is 0 Å². The van der Waals surface area contributed by atoms with Gasteiger partial charge in [0.05, 0.1) is 18.9 Å². The van der Waals surface area contributed by atoms with E-state index in [1.165, 1.54) is 0 Å². The van der Waals surface area contributed by atoms with Crippen LogP contribution in [0.4, 0.5) is 5.69 Å². The molecule has 30 heavy (non-hydrogen) atoms. The largest absolute Gasteiger partial charge is 0.497 e. The van der Waals surface area contributed by atoms with E-state index >= 15 is 0 Å². The third kappa shape index (κ3) is 2.79. The van der Waals surface area contributed by atoms with Gasteiger partial charge in [0.15, 0.2) is 5.60 Å². The van der Waals surface area contributed by atoms with Gasteiger partial charge in [-0.1, -0.05) is 51.1 Å². The first-order valence-electron chi connectivity index (χ1n) is 10.6. The summed E-state index contributed by atoms with van der Waals surface area (Å²) in [4.78, 5) is 15.3. The molecule has 1 saturated heterocycles. The number of aliphatic hydroxyl groups is 1. The van der Waals surface area contributed by atoms with E-state index < -0.39 is 5.60 Å². The Kier molecular flexibility index (Phi) is 5.15. The summed E-state index contributed by atoms with van der Waals surface area (Å²) in [6, 6.07) is 16.0. The van der Waals surface area contributed by atoms with Crippen molar-refractivity contribution in [2.75, 3.05) is 25.7 Å². The number of carbonyl (C=O) groups excluding carboxylic acids is 1. The Hall–Kier alpha value is -2.37. The van der Waals surface area contributed by atoms with Gasteiger partial charge in [0, 0.05) is 31.1 Å². The molecule has 2 heterocycles. The summed E-state index contributed by atoms with van der Waals surface area (Å²) in [7, 11) is 3.47. The lowest BCUT2D eigenvalue weighted by atomic mass is 9.63. The molecule has 0 bridgehead atoms. The number of methoxy groups -OCH3 is 1. The minimum Gasteiger partial charge on any atom is -0.497 e. The molecule has 1 amide bonds. The molecule has 0 radical (unpaired) electrons. The molecule has 2 aromatic carbocycles. The topological polar surface area (TPSA) is 59.0 Å². The summed E-state index contributed by atoms with van der Waals surface area (Å²) in [5.74, 6) is 0.772. The van der Waals surface area contributed by atoms with Crippen LogP contribution in [0.5, 0.6) is 5.75 Å². The summed E-state index contributed by atoms with van der Waals surface area (Å²) in [5, 5.41) is 9.79. The van der Waals surface area contributed by atoms with E-state index in [1.54, 1.807) is 12.0 Å². The van der Waals surface area contributed by atoms with E-state index in [0.29, 0.717) is 6.42 Å². The van der Waals surface area contributed by atoms with Gasteiger partial charge in [-0.3, -0.25) is 4.79 Å². The average molecular weight is 410 g/mol. The number of aliphatic hydroxyl groups excluding tert-OH is 1. The van der Waals surface area contributed by atoms with Crippen LogP contribution >= 0.6 is 0 Å². The molecule has 5 heteroatoms. The Bertz CT molecular complexity index is 938. The van der Waals surface area contributed by atoms with Crippen LogP contribution in [0.25, 0.3) is 0 Å². The van der Waals surface area contributed by atoms with Gasteiger partial charge in [0.1, 0.15) is 5.75 Å². The van der Waals surface area contributed by atoms with Gasteiger partial charge in [-0.15, -0.1) is 0 Å². The molecule has 0 unspecified atom stereocenters. The monoisotopic (exact) mass is 409 g/mol. The third-order valence-corrected chi connectivity index (χ3v) is 7.29. The third-order valence-electron chi connectivity index (χ3n) is 7.29. The van der Waals surface area contributed by atoms with Crippen molar-refractivity contribution in [3.8, 4) is 5.75 Å². The predicted molar refractivity (Wildman–Crippen MR) is 117 cm³/mol. The number of rotatable bonds is 5. The van der Waals surface area contributed by atoms with Crippen molar-refractivity contribution in [1.29, 1.82) is 0 Å². The molecule has 2 aliphatic heterocycles. The van der Waals surface area contributed by atoms with Gasteiger partial charge in [-0.25, -0.2) is 0 Å². The standard InChI is InChI=1S/C25H31NO4/c1-16-22(24(2,3)17-10-12-18(29-5)13-11-17)21(14-15-27)30-25(16)19-8-6-7-9-20(19)26(4)23(25)28/h6-13,16,21-22,27H,14-15H2,1-5H3/t16-,21+,22-,25+/m0/s1.